The lowest BCUT2D eigenvalue weighted by molar-refractivity contribution is -0.403. The summed E-state index contributed by atoms with van der Waals surface area (Å²) in [6.07, 6.45) is 0. The molecule has 0 aliphatic carbocycles. The van der Waals surface area contributed by atoms with Gasteiger partial charge < -0.3 is 4.55 Å². The number of fused-ring (bicyclic) bond motifs is 1. The topological polar surface area (TPSA) is 60.2 Å². The summed E-state index contributed by atoms with van der Waals surface area (Å²) in [5.41, 5.74) is 5.34. The van der Waals surface area contributed by atoms with E-state index in [0.717, 1.165) is 5.56 Å². The van der Waals surface area contributed by atoms with Gasteiger partial charge in [0.1, 0.15) is 17.2 Å². The zero-order valence-electron chi connectivity index (χ0n) is 14.7. The molecule has 4 nitrogen and oxygen atoms in total. The molecule has 0 radical (unpaired) electrons. The Hall–Kier alpha value is -1.98. The molecule has 128 valence electrons. The van der Waals surface area contributed by atoms with E-state index >= 15 is 0 Å². The van der Waals surface area contributed by atoms with Crippen LogP contribution in [0.25, 0.3) is 0 Å². The van der Waals surface area contributed by atoms with Crippen LogP contribution in [0.5, 0.6) is 0 Å². The van der Waals surface area contributed by atoms with Crippen LogP contribution in [0.15, 0.2) is 53.4 Å². The minimum Gasteiger partial charge on any atom is -0.744 e. The predicted octanol–water partition coefficient (Wildman–Crippen LogP) is 3.61. The number of para-hydroxylation sites is 1. The van der Waals surface area contributed by atoms with Gasteiger partial charge in [0.15, 0.2) is 5.71 Å². The molecule has 1 aliphatic heterocycles. The first-order valence-corrected chi connectivity index (χ1v) is 9.16. The summed E-state index contributed by atoms with van der Waals surface area (Å²) in [6.45, 7) is 8.59. The van der Waals surface area contributed by atoms with E-state index in [-0.39, 0.29) is 10.3 Å². The second-order valence-electron chi connectivity index (χ2n) is 6.55. The fourth-order valence-electron chi connectivity index (χ4n) is 2.79. The Kier molecular flexibility index (Phi) is 4.97. The summed E-state index contributed by atoms with van der Waals surface area (Å²) in [7, 11) is -2.13. The van der Waals surface area contributed by atoms with E-state index in [9.17, 15) is 13.0 Å². The molecule has 0 amide bonds. The highest BCUT2D eigenvalue weighted by atomic mass is 32.2. The van der Waals surface area contributed by atoms with Crippen molar-refractivity contribution in [3.05, 3.63) is 59.7 Å². The van der Waals surface area contributed by atoms with Crippen molar-refractivity contribution in [3.63, 3.8) is 0 Å². The average Bonchev–Trinajstić information content (AvgIpc) is 2.69. The maximum Gasteiger partial charge on any atom is 0.209 e. The van der Waals surface area contributed by atoms with Gasteiger partial charge in [-0.25, -0.2) is 13.0 Å². The van der Waals surface area contributed by atoms with Crippen molar-refractivity contribution in [3.8, 4) is 0 Å². The van der Waals surface area contributed by atoms with Crippen molar-refractivity contribution in [2.24, 2.45) is 0 Å². The number of rotatable bonds is 1. The monoisotopic (exact) mass is 345 g/mol. The standard InChI is InChI=1S/C12H16N.C7H8O3S/c1-9-12(2,3)10-7-5-6-8-11(10)13(9)4;1-6-2-4-7(5-3-6)11(8,9)10/h5-8H,1-4H3;2-5H,1H3,(H,8,9,10)/q+1;/p-1. The minimum atomic E-state index is -4.27. The molecule has 0 saturated heterocycles. The quantitative estimate of drug-likeness (QED) is 0.586. The van der Waals surface area contributed by atoms with Crippen LogP contribution in [-0.4, -0.2) is 30.3 Å². The molecular formula is C19H23NO3S. The summed E-state index contributed by atoms with van der Waals surface area (Å²) in [5.74, 6) is 0. The third-order valence-electron chi connectivity index (χ3n) is 4.66. The van der Waals surface area contributed by atoms with E-state index in [2.05, 4.69) is 56.7 Å². The molecule has 2 aromatic carbocycles. The zero-order valence-corrected chi connectivity index (χ0v) is 15.5. The van der Waals surface area contributed by atoms with Crippen LogP contribution in [0.4, 0.5) is 5.69 Å². The molecule has 1 aliphatic rings. The summed E-state index contributed by atoms with van der Waals surface area (Å²) < 4.78 is 33.5. The predicted molar refractivity (Wildman–Crippen MR) is 95.1 cm³/mol. The van der Waals surface area contributed by atoms with Crippen LogP contribution >= 0.6 is 0 Å². The van der Waals surface area contributed by atoms with Gasteiger partial charge in [-0.15, -0.1) is 0 Å². The summed E-state index contributed by atoms with van der Waals surface area (Å²) >= 11 is 0. The van der Waals surface area contributed by atoms with Crippen LogP contribution < -0.4 is 0 Å². The SMILES string of the molecule is CC1=[N+](C)c2ccccc2C1(C)C.Cc1ccc(S(=O)(=O)[O-])cc1. The number of benzene rings is 2. The number of aryl methyl sites for hydroxylation is 1. The Morgan fingerprint density at radius 2 is 1.50 bits per heavy atom. The van der Waals surface area contributed by atoms with E-state index < -0.39 is 10.1 Å². The maximum absolute atomic E-state index is 10.4. The van der Waals surface area contributed by atoms with Gasteiger partial charge >= 0.3 is 0 Å². The first-order chi connectivity index (χ1) is 11.0. The summed E-state index contributed by atoms with van der Waals surface area (Å²) in [4.78, 5) is -0.178. The van der Waals surface area contributed by atoms with Crippen molar-refractivity contribution in [2.45, 2.75) is 38.0 Å². The van der Waals surface area contributed by atoms with Gasteiger partial charge in [-0.3, -0.25) is 0 Å². The maximum atomic E-state index is 10.4. The fourth-order valence-corrected chi connectivity index (χ4v) is 3.26. The fraction of sp³-hybridized carbons (Fsp3) is 0.316. The molecule has 0 unspecified atom stereocenters. The van der Waals surface area contributed by atoms with E-state index in [1.165, 1.54) is 29.1 Å². The zero-order chi connectivity index (χ0) is 18.1. The normalized spacial score (nSPS) is 15.6. The Morgan fingerprint density at radius 1 is 0.958 bits per heavy atom. The summed E-state index contributed by atoms with van der Waals surface area (Å²) in [6, 6.07) is 14.4. The molecule has 2 aromatic rings. The smallest absolute Gasteiger partial charge is 0.209 e. The lowest BCUT2D eigenvalue weighted by Crippen LogP contribution is -2.25. The molecule has 1 heterocycles. The highest BCUT2D eigenvalue weighted by molar-refractivity contribution is 7.85. The molecule has 24 heavy (non-hydrogen) atoms. The first kappa shape index (κ1) is 18.4. The molecule has 3 rings (SSSR count). The van der Waals surface area contributed by atoms with Crippen molar-refractivity contribution >= 4 is 21.5 Å². The second-order valence-corrected chi connectivity index (χ2v) is 7.93. The van der Waals surface area contributed by atoms with Gasteiger partial charge in [0.25, 0.3) is 0 Å². The van der Waals surface area contributed by atoms with Crippen molar-refractivity contribution in [2.75, 3.05) is 7.05 Å². The molecular weight excluding hydrogens is 322 g/mol. The van der Waals surface area contributed by atoms with E-state index in [0.29, 0.717) is 0 Å². The Bertz CT molecular complexity index is 879. The van der Waals surface area contributed by atoms with Crippen LogP contribution in [0.2, 0.25) is 0 Å². The average molecular weight is 345 g/mol. The van der Waals surface area contributed by atoms with Crippen molar-refractivity contribution in [1.29, 1.82) is 0 Å². The number of hydrogen-bond donors (Lipinski definition) is 0. The lowest BCUT2D eigenvalue weighted by atomic mass is 9.82. The first-order valence-electron chi connectivity index (χ1n) is 7.75. The number of hydrogen-bond acceptors (Lipinski definition) is 3. The highest BCUT2D eigenvalue weighted by Crippen LogP contribution is 2.38. The van der Waals surface area contributed by atoms with E-state index in [4.69, 9.17) is 0 Å². The Balaban J connectivity index is 0.000000177. The van der Waals surface area contributed by atoms with Crippen LogP contribution in [0, 0.1) is 6.92 Å². The molecule has 0 fully saturated rings. The van der Waals surface area contributed by atoms with Gasteiger partial charge in [-0.1, -0.05) is 35.9 Å². The number of nitrogens with zero attached hydrogens (tertiary/aromatic N) is 1. The molecule has 0 aromatic heterocycles. The Labute approximate surface area is 144 Å². The van der Waals surface area contributed by atoms with Crippen molar-refractivity contribution < 1.29 is 17.5 Å². The molecule has 0 saturated carbocycles. The van der Waals surface area contributed by atoms with Gasteiger partial charge in [-0.2, -0.15) is 0 Å². The third-order valence-corrected chi connectivity index (χ3v) is 5.51. The molecule has 0 bridgehead atoms. The van der Waals surface area contributed by atoms with Gasteiger partial charge in [0, 0.05) is 18.6 Å². The van der Waals surface area contributed by atoms with Gasteiger partial charge in [0.05, 0.1) is 10.3 Å². The van der Waals surface area contributed by atoms with E-state index in [1.54, 1.807) is 12.1 Å². The summed E-state index contributed by atoms with van der Waals surface area (Å²) in [5, 5.41) is 0. The van der Waals surface area contributed by atoms with Crippen LogP contribution in [0.1, 0.15) is 31.9 Å². The molecule has 5 heteroatoms. The van der Waals surface area contributed by atoms with Crippen molar-refractivity contribution in [1.82, 2.24) is 0 Å². The largest absolute Gasteiger partial charge is 0.744 e. The molecule has 0 N–H and O–H groups in total. The minimum absolute atomic E-state index is 0.178. The van der Waals surface area contributed by atoms with Gasteiger partial charge in [0.2, 0.25) is 5.69 Å². The highest BCUT2D eigenvalue weighted by Gasteiger charge is 2.40. The molecule has 0 atom stereocenters. The van der Waals surface area contributed by atoms with Crippen LogP contribution in [-0.2, 0) is 15.5 Å². The Morgan fingerprint density at radius 3 is 2.00 bits per heavy atom. The second kappa shape index (κ2) is 6.49. The molecule has 0 spiro atoms. The van der Waals surface area contributed by atoms with Crippen LogP contribution in [0.3, 0.4) is 0 Å². The third kappa shape index (κ3) is 3.57. The lowest BCUT2D eigenvalue weighted by Gasteiger charge is -2.14. The van der Waals surface area contributed by atoms with E-state index in [1.807, 2.05) is 6.92 Å². The van der Waals surface area contributed by atoms with Gasteiger partial charge in [-0.05, 0) is 32.9 Å².